The Balaban J connectivity index is 1.17. The van der Waals surface area contributed by atoms with Crippen molar-refractivity contribution in [2.75, 3.05) is 13.2 Å². The zero-order valence-electron chi connectivity index (χ0n) is 29.3. The Hall–Kier alpha value is -2.57. The Bertz CT molecular complexity index is 1490. The van der Waals surface area contributed by atoms with E-state index in [-0.39, 0.29) is 28.8 Å². The van der Waals surface area contributed by atoms with Gasteiger partial charge in [0.1, 0.15) is 5.75 Å². The smallest absolute Gasteiger partial charge is 0.387 e. The van der Waals surface area contributed by atoms with Gasteiger partial charge in [-0.15, -0.1) is 0 Å². The van der Waals surface area contributed by atoms with Gasteiger partial charge in [0.25, 0.3) is 0 Å². The molecule has 0 bridgehead atoms. The Morgan fingerprint density at radius 1 is 0.837 bits per heavy atom. The zero-order valence-corrected chi connectivity index (χ0v) is 30.0. The van der Waals surface area contributed by atoms with E-state index in [1.165, 1.54) is 25.7 Å². The summed E-state index contributed by atoms with van der Waals surface area (Å²) in [6, 6.07) is 10.8. The van der Waals surface area contributed by atoms with Crippen molar-refractivity contribution in [3.05, 3.63) is 63.0 Å². The molecule has 0 heterocycles. The van der Waals surface area contributed by atoms with E-state index in [1.807, 2.05) is 18.2 Å². The number of halogens is 3. The quantitative estimate of drug-likeness (QED) is 0.115. The summed E-state index contributed by atoms with van der Waals surface area (Å²) in [6.07, 6.45) is 21.1. The summed E-state index contributed by atoms with van der Waals surface area (Å²) >= 11 is 6.01. The number of hydrogen-bond acceptors (Lipinski definition) is 4. The first kappa shape index (κ1) is 37.7. The SMILES string of the molecule is CC1CC=c2ccc(C(=O)CCCCCOCC3CC3)c(OC(F)F)c2=CC1CCCC1CCCCC(CC(=O)c2ccc(Cl)cc2)CC1. The molecule has 268 valence electrons. The molecule has 7 heteroatoms. The second kappa shape index (κ2) is 19.2. The van der Waals surface area contributed by atoms with Gasteiger partial charge in [0.15, 0.2) is 11.6 Å². The number of ketones is 2. The summed E-state index contributed by atoms with van der Waals surface area (Å²) in [7, 11) is 0. The number of unbranched alkanes of at least 4 members (excludes halogenated alkanes) is 2. The van der Waals surface area contributed by atoms with Crippen molar-refractivity contribution in [1.29, 1.82) is 0 Å². The van der Waals surface area contributed by atoms with Crippen molar-refractivity contribution in [2.45, 2.75) is 123 Å². The highest BCUT2D eigenvalue weighted by atomic mass is 35.5. The Labute approximate surface area is 296 Å². The van der Waals surface area contributed by atoms with Crippen LogP contribution in [0.1, 0.15) is 137 Å². The first-order chi connectivity index (χ1) is 23.8. The van der Waals surface area contributed by atoms with Crippen LogP contribution in [0.3, 0.4) is 0 Å². The molecule has 49 heavy (non-hydrogen) atoms. The van der Waals surface area contributed by atoms with Crippen molar-refractivity contribution >= 4 is 35.3 Å². The average Bonchev–Trinajstić information content (AvgIpc) is 3.91. The zero-order chi connectivity index (χ0) is 34.6. The maximum atomic E-state index is 13.8. The van der Waals surface area contributed by atoms with E-state index in [1.54, 1.807) is 18.2 Å². The first-order valence-electron chi connectivity index (χ1n) is 19.0. The summed E-state index contributed by atoms with van der Waals surface area (Å²) in [4.78, 5) is 26.2. The van der Waals surface area contributed by atoms with Crippen molar-refractivity contribution in [3.8, 4) is 5.75 Å². The van der Waals surface area contributed by atoms with Crippen molar-refractivity contribution in [2.24, 2.45) is 29.6 Å². The van der Waals surface area contributed by atoms with Gasteiger partial charge in [-0.2, -0.15) is 8.78 Å². The number of rotatable bonds is 18. The van der Waals surface area contributed by atoms with Crippen LogP contribution >= 0.6 is 11.6 Å². The summed E-state index contributed by atoms with van der Waals surface area (Å²) in [6.45, 7) is 0.780. The molecule has 2 fully saturated rings. The standard InChI is InChI=1S/C42H55ClF2O4/c1-29-13-18-33-21-24-37(39(46)12-3-2-6-25-48-28-32-16-17-32)41(49-42(44)45)38(33)27-35(29)11-7-10-30-8-4-5-9-31(15-14-30)26-40(47)34-19-22-36(43)23-20-34/h18-24,27,29-32,35,42H,2-17,25-26,28H2,1H3. The molecule has 4 unspecified atom stereocenters. The number of hydrogen-bond donors (Lipinski definition) is 0. The lowest BCUT2D eigenvalue weighted by molar-refractivity contribution is -0.0508. The van der Waals surface area contributed by atoms with E-state index in [4.69, 9.17) is 21.1 Å². The van der Waals surface area contributed by atoms with Crippen molar-refractivity contribution in [3.63, 3.8) is 0 Å². The lowest BCUT2D eigenvalue weighted by atomic mass is 9.80. The van der Waals surface area contributed by atoms with Crippen LogP contribution in [0.2, 0.25) is 5.02 Å². The van der Waals surface area contributed by atoms with Gasteiger partial charge < -0.3 is 9.47 Å². The number of ether oxygens (including phenoxy) is 2. The molecular formula is C42H55ClF2O4. The highest BCUT2D eigenvalue weighted by Crippen LogP contribution is 2.34. The van der Waals surface area contributed by atoms with E-state index in [2.05, 4.69) is 19.1 Å². The summed E-state index contributed by atoms with van der Waals surface area (Å²) in [5, 5.41) is 2.16. The van der Waals surface area contributed by atoms with Crippen LogP contribution in [-0.4, -0.2) is 31.4 Å². The first-order valence-corrected chi connectivity index (χ1v) is 19.3. The molecule has 0 amide bonds. The number of carbonyl (C=O) groups excluding carboxylic acids is 2. The van der Waals surface area contributed by atoms with Gasteiger partial charge in [0.05, 0.1) is 5.56 Å². The molecule has 4 atom stereocenters. The van der Waals surface area contributed by atoms with Gasteiger partial charge in [-0.1, -0.05) is 88.1 Å². The average molecular weight is 697 g/mol. The van der Waals surface area contributed by atoms with Crippen molar-refractivity contribution < 1.29 is 27.8 Å². The Morgan fingerprint density at radius 2 is 1.57 bits per heavy atom. The Morgan fingerprint density at radius 3 is 2.33 bits per heavy atom. The largest absolute Gasteiger partial charge is 0.433 e. The minimum Gasteiger partial charge on any atom is -0.433 e. The fourth-order valence-corrected chi connectivity index (χ4v) is 7.87. The van der Waals surface area contributed by atoms with E-state index in [0.717, 1.165) is 87.5 Å². The third-order valence-electron chi connectivity index (χ3n) is 11.0. The van der Waals surface area contributed by atoms with E-state index < -0.39 is 6.61 Å². The third kappa shape index (κ3) is 12.0. The highest BCUT2D eigenvalue weighted by molar-refractivity contribution is 6.30. The molecule has 5 rings (SSSR count). The molecule has 2 aromatic carbocycles. The van der Waals surface area contributed by atoms with Crippen LogP contribution in [0.15, 0.2) is 36.4 Å². The molecule has 3 aliphatic rings. The molecule has 0 saturated heterocycles. The molecule has 0 N–H and O–H groups in total. The minimum atomic E-state index is -3.00. The van der Waals surface area contributed by atoms with E-state index in [9.17, 15) is 18.4 Å². The van der Waals surface area contributed by atoms with Crippen LogP contribution < -0.4 is 15.2 Å². The molecule has 0 aromatic heterocycles. The summed E-state index contributed by atoms with van der Waals surface area (Å²) in [5.41, 5.74) is 1.01. The van der Waals surface area contributed by atoms with Gasteiger partial charge in [-0.05, 0) is 110 Å². The molecule has 0 aliphatic heterocycles. The van der Waals surface area contributed by atoms with Gasteiger partial charge >= 0.3 is 6.61 Å². The fourth-order valence-electron chi connectivity index (χ4n) is 7.75. The molecule has 3 aliphatic carbocycles. The fraction of sp³-hybridized carbons (Fsp3) is 0.619. The van der Waals surface area contributed by atoms with Gasteiger partial charge in [-0.3, -0.25) is 9.59 Å². The number of alkyl halides is 2. The maximum Gasteiger partial charge on any atom is 0.387 e. The van der Waals surface area contributed by atoms with Crippen LogP contribution in [0, 0.1) is 29.6 Å². The monoisotopic (exact) mass is 696 g/mol. The Kier molecular flexibility index (Phi) is 14.7. The van der Waals surface area contributed by atoms with Crippen LogP contribution in [0.4, 0.5) is 8.78 Å². The minimum absolute atomic E-state index is 0.0415. The topological polar surface area (TPSA) is 52.6 Å². The molecule has 0 spiro atoms. The van der Waals surface area contributed by atoms with Crippen molar-refractivity contribution in [1.82, 2.24) is 0 Å². The molecular weight excluding hydrogens is 642 g/mol. The lowest BCUT2D eigenvalue weighted by Gasteiger charge is -2.26. The predicted molar refractivity (Wildman–Crippen MR) is 194 cm³/mol. The van der Waals surface area contributed by atoms with E-state index >= 15 is 0 Å². The van der Waals surface area contributed by atoms with Crippen LogP contribution in [-0.2, 0) is 4.74 Å². The van der Waals surface area contributed by atoms with Gasteiger partial charge in [-0.25, -0.2) is 0 Å². The summed E-state index contributed by atoms with van der Waals surface area (Å²) < 4.78 is 38.4. The maximum absolute atomic E-state index is 13.8. The third-order valence-corrected chi connectivity index (χ3v) is 11.3. The molecule has 2 aromatic rings. The van der Waals surface area contributed by atoms with Gasteiger partial charge in [0, 0.05) is 41.9 Å². The molecule has 0 radical (unpaired) electrons. The highest BCUT2D eigenvalue weighted by Gasteiger charge is 2.24. The van der Waals surface area contributed by atoms with Gasteiger partial charge in [0.2, 0.25) is 0 Å². The van der Waals surface area contributed by atoms with E-state index in [0.29, 0.717) is 53.9 Å². The predicted octanol–water partition coefficient (Wildman–Crippen LogP) is 10.4. The molecule has 2 saturated carbocycles. The normalized spacial score (nSPS) is 22.6. The number of carbonyl (C=O) groups is 2. The number of Topliss-reactive ketones (excluding diaryl/α,β-unsaturated/α-hetero) is 2. The van der Waals surface area contributed by atoms with Crippen LogP contribution in [0.5, 0.6) is 5.75 Å². The second-order valence-electron chi connectivity index (χ2n) is 15.0. The lowest BCUT2D eigenvalue weighted by Crippen LogP contribution is -2.30. The van der Waals surface area contributed by atoms with Crippen LogP contribution in [0.25, 0.3) is 12.2 Å². The molecule has 4 nitrogen and oxygen atoms in total. The second-order valence-corrected chi connectivity index (χ2v) is 15.4. The number of benzene rings is 2. The number of fused-ring (bicyclic) bond motifs is 1. The summed E-state index contributed by atoms with van der Waals surface area (Å²) in [5.74, 6) is 2.47.